The van der Waals surface area contributed by atoms with E-state index >= 15 is 0 Å². The van der Waals surface area contributed by atoms with Gasteiger partial charge in [0.25, 0.3) is 23.6 Å². The second kappa shape index (κ2) is 7.62. The monoisotopic (exact) mass is 584 g/mol. The predicted molar refractivity (Wildman–Crippen MR) is 115 cm³/mol. The number of hydrogen-bond donors (Lipinski definition) is 3. The van der Waals surface area contributed by atoms with E-state index in [0.29, 0.717) is 15.6 Å². The largest absolute Gasteiger partial charge is 0.503 e. The van der Waals surface area contributed by atoms with Crippen LogP contribution in [0.1, 0.15) is 24.3 Å². The second-order valence-corrected chi connectivity index (χ2v) is 10.2. The van der Waals surface area contributed by atoms with Gasteiger partial charge in [0.2, 0.25) is 0 Å². The summed E-state index contributed by atoms with van der Waals surface area (Å²) in [5.74, 6) is -7.84. The van der Waals surface area contributed by atoms with Crippen molar-refractivity contribution in [1.82, 2.24) is 10.1 Å². The number of hydrogen-bond acceptors (Lipinski definition) is 8. The molecule has 0 bridgehead atoms. The van der Waals surface area contributed by atoms with Crippen LogP contribution in [0.15, 0.2) is 26.7 Å². The fourth-order valence-corrected chi connectivity index (χ4v) is 6.87. The number of amides is 4. The molecule has 3 N–H and O–H groups in total. The van der Waals surface area contributed by atoms with E-state index in [0.717, 1.165) is 0 Å². The number of benzene rings is 1. The molecule has 12 heteroatoms. The smallest absolute Gasteiger partial charge is 0.258 e. The summed E-state index contributed by atoms with van der Waals surface area (Å²) in [4.78, 5) is 50.9. The van der Waals surface area contributed by atoms with Gasteiger partial charge < -0.3 is 9.84 Å². The summed E-state index contributed by atoms with van der Waals surface area (Å²) in [6.07, 6.45) is 2.05. The molecular weight excluding hydrogens is 568 g/mol. The van der Waals surface area contributed by atoms with E-state index in [2.05, 4.69) is 31.9 Å². The first kappa shape index (κ1) is 22.5. The zero-order chi connectivity index (χ0) is 23.9. The van der Waals surface area contributed by atoms with Crippen molar-refractivity contribution >= 4 is 55.5 Å². The molecule has 1 aromatic rings. The quantitative estimate of drug-likeness (QED) is 0.272. The van der Waals surface area contributed by atoms with Crippen LogP contribution in [0.3, 0.4) is 0 Å². The molecule has 2 saturated heterocycles. The fourth-order valence-electron chi connectivity index (χ4n) is 5.90. The maximum absolute atomic E-state index is 13.0. The highest BCUT2D eigenvalue weighted by molar-refractivity contribution is 9.13. The molecule has 2 aliphatic heterocycles. The number of phenols is 1. The fraction of sp³-hybridized carbons (Fsp3) is 0.429. The lowest BCUT2D eigenvalue weighted by molar-refractivity contribution is -0.174. The molecule has 4 aliphatic rings. The normalized spacial score (nSPS) is 33.2. The molecule has 1 saturated carbocycles. The molecule has 6 unspecified atom stereocenters. The molecule has 33 heavy (non-hydrogen) atoms. The van der Waals surface area contributed by atoms with Crippen LogP contribution in [-0.4, -0.2) is 56.4 Å². The first-order chi connectivity index (χ1) is 15.6. The van der Waals surface area contributed by atoms with Crippen molar-refractivity contribution in [2.24, 2.45) is 29.6 Å². The number of rotatable bonds is 2. The average Bonchev–Trinajstić information content (AvgIpc) is 3.16. The van der Waals surface area contributed by atoms with Crippen LogP contribution < -0.4 is 4.74 Å². The van der Waals surface area contributed by atoms with Crippen LogP contribution in [-0.2, 0) is 19.2 Å². The minimum absolute atomic E-state index is 0.0800. The van der Waals surface area contributed by atoms with Crippen molar-refractivity contribution in [3.05, 3.63) is 32.2 Å². The van der Waals surface area contributed by atoms with E-state index < -0.39 is 59.1 Å². The third-order valence-electron chi connectivity index (χ3n) is 7.33. The summed E-state index contributed by atoms with van der Waals surface area (Å²) < 4.78 is 5.97. The number of carbonyl (C=O) groups excluding carboxylic acids is 4. The van der Waals surface area contributed by atoms with Gasteiger partial charge in [-0.05, 0) is 62.2 Å². The van der Waals surface area contributed by atoms with Crippen LogP contribution in [0.5, 0.6) is 11.5 Å². The van der Waals surface area contributed by atoms with Crippen molar-refractivity contribution in [3.8, 4) is 11.5 Å². The molecule has 2 aliphatic carbocycles. The van der Waals surface area contributed by atoms with Crippen molar-refractivity contribution in [2.45, 2.75) is 18.8 Å². The Morgan fingerprint density at radius 2 is 1.52 bits per heavy atom. The van der Waals surface area contributed by atoms with Gasteiger partial charge in [-0.15, -0.1) is 0 Å². The summed E-state index contributed by atoms with van der Waals surface area (Å²) in [6.45, 7) is 0. The predicted octanol–water partition coefficient (Wildman–Crippen LogP) is 2.34. The highest BCUT2D eigenvalue weighted by Crippen LogP contribution is 2.59. The van der Waals surface area contributed by atoms with Crippen LogP contribution in [0.4, 0.5) is 0 Å². The van der Waals surface area contributed by atoms with E-state index in [-0.39, 0.29) is 38.9 Å². The number of imide groups is 2. The Morgan fingerprint density at radius 1 is 0.909 bits per heavy atom. The number of allylic oxidation sites excluding steroid dienone is 2. The number of methoxy groups -OCH3 is 1. The topological polar surface area (TPSA) is 145 Å². The van der Waals surface area contributed by atoms with Gasteiger partial charge in [-0.25, -0.2) is 0 Å². The molecular formula is C21H18Br2N2O8. The number of halogens is 2. The molecule has 0 aromatic heterocycles. The van der Waals surface area contributed by atoms with Crippen molar-refractivity contribution in [1.29, 1.82) is 0 Å². The Kier molecular flexibility index (Phi) is 5.20. The van der Waals surface area contributed by atoms with Gasteiger partial charge >= 0.3 is 0 Å². The van der Waals surface area contributed by atoms with Crippen LogP contribution in [0.2, 0.25) is 0 Å². The maximum Gasteiger partial charge on any atom is 0.258 e. The zero-order valence-corrected chi connectivity index (χ0v) is 20.2. The molecule has 5 rings (SSSR count). The Bertz CT molecular complexity index is 1170. The van der Waals surface area contributed by atoms with Crippen LogP contribution in [0, 0.1) is 29.6 Å². The lowest BCUT2D eigenvalue weighted by Crippen LogP contribution is -2.43. The number of ether oxygens (including phenoxy) is 1. The van der Waals surface area contributed by atoms with Crippen LogP contribution >= 0.6 is 31.9 Å². The van der Waals surface area contributed by atoms with E-state index in [4.69, 9.17) is 4.74 Å². The maximum atomic E-state index is 13.0. The van der Waals surface area contributed by atoms with E-state index in [1.807, 2.05) is 0 Å². The third kappa shape index (κ3) is 2.90. The standard InChI is InChI=1S/C21H18Br2N2O8/c1-33-11-5-9(15(22)16(23)17(11)26)12-6-2-3-7-13(20(29)24(31)18(7)27)8(6)4-10-14(12)21(30)25(32)19(10)28/h2,5,7-8,10,12-14,26,31-32H,3-4H2,1H3. The SMILES string of the molecule is COc1cc(C2C3=CCC4C(=O)N(O)C(=O)C4C3CC3C(=O)N(O)C(=O)C32)c(Br)c(Br)c1O. The molecule has 10 nitrogen and oxygen atoms in total. The molecule has 0 spiro atoms. The Hall–Kier alpha value is -2.28. The molecule has 0 radical (unpaired) electrons. The molecule has 2 heterocycles. The van der Waals surface area contributed by atoms with Gasteiger partial charge in [0, 0.05) is 10.4 Å². The van der Waals surface area contributed by atoms with Crippen LogP contribution in [0.25, 0.3) is 0 Å². The summed E-state index contributed by atoms with van der Waals surface area (Å²) in [5, 5.41) is 30.7. The highest BCUT2D eigenvalue weighted by atomic mass is 79.9. The van der Waals surface area contributed by atoms with E-state index in [1.165, 1.54) is 7.11 Å². The lowest BCUT2D eigenvalue weighted by Gasteiger charge is -2.44. The number of hydroxylamine groups is 4. The van der Waals surface area contributed by atoms with E-state index in [1.54, 1.807) is 12.1 Å². The number of fused-ring (bicyclic) bond motifs is 4. The first-order valence-electron chi connectivity index (χ1n) is 10.2. The molecule has 3 fully saturated rings. The zero-order valence-electron chi connectivity index (χ0n) is 17.1. The summed E-state index contributed by atoms with van der Waals surface area (Å²) in [7, 11) is 1.37. The minimum Gasteiger partial charge on any atom is -0.503 e. The summed E-state index contributed by atoms with van der Waals surface area (Å²) >= 11 is 6.76. The van der Waals surface area contributed by atoms with Crippen molar-refractivity contribution in [3.63, 3.8) is 0 Å². The molecule has 174 valence electrons. The lowest BCUT2D eigenvalue weighted by atomic mass is 9.57. The average molecular weight is 586 g/mol. The number of aromatic hydroxyl groups is 1. The number of nitrogens with zero attached hydrogens (tertiary/aromatic N) is 2. The Morgan fingerprint density at radius 3 is 2.15 bits per heavy atom. The Labute approximate surface area is 203 Å². The minimum atomic E-state index is -0.948. The number of phenolic OH excluding ortho intramolecular Hbond substituents is 1. The van der Waals surface area contributed by atoms with Crippen molar-refractivity contribution in [2.75, 3.05) is 7.11 Å². The summed E-state index contributed by atoms with van der Waals surface area (Å²) in [5.41, 5.74) is 1.18. The third-order valence-corrected chi connectivity index (χ3v) is 9.49. The van der Waals surface area contributed by atoms with Gasteiger partial charge in [0.05, 0.1) is 35.3 Å². The molecule has 6 atom stereocenters. The van der Waals surface area contributed by atoms with E-state index in [9.17, 15) is 34.7 Å². The van der Waals surface area contributed by atoms with Gasteiger partial charge in [-0.2, -0.15) is 10.1 Å². The summed E-state index contributed by atoms with van der Waals surface area (Å²) in [6, 6.07) is 1.54. The van der Waals surface area contributed by atoms with Gasteiger partial charge in [-0.3, -0.25) is 29.6 Å². The van der Waals surface area contributed by atoms with Gasteiger partial charge in [-0.1, -0.05) is 11.6 Å². The Balaban J connectivity index is 1.72. The first-order valence-corrected chi connectivity index (χ1v) is 11.8. The van der Waals surface area contributed by atoms with Crippen molar-refractivity contribution < 1.29 is 39.4 Å². The van der Waals surface area contributed by atoms with Gasteiger partial charge in [0.15, 0.2) is 11.5 Å². The highest BCUT2D eigenvalue weighted by Gasteiger charge is 2.62. The van der Waals surface area contributed by atoms with Gasteiger partial charge in [0.1, 0.15) is 0 Å². The molecule has 1 aromatic carbocycles. The molecule has 4 amide bonds. The number of carbonyl (C=O) groups is 4. The second-order valence-electron chi connectivity index (χ2n) is 8.65.